The fourth-order valence-electron chi connectivity index (χ4n) is 4.51. The van der Waals surface area contributed by atoms with Crippen LogP contribution in [0.5, 0.6) is 0 Å². The second-order valence-corrected chi connectivity index (χ2v) is 10.5. The zero-order chi connectivity index (χ0) is 23.8. The van der Waals surface area contributed by atoms with E-state index in [1.54, 1.807) is 0 Å². The van der Waals surface area contributed by atoms with E-state index in [2.05, 4.69) is 58.3 Å². The standard InChI is InChI=1S/C27H35BrClN3O/c1-3-4-6-19-11-13-21(28)17-20(19)12-16-23-24(7-5-8-25(23)29)26(33)32-27(30)31-22-14-9-18(2)10-15-22/h5,7-8,11,13,17-18,22H,3-4,6,9-10,12,14-16H2,1-2H3,(H3,30,31,32,33). The second kappa shape index (κ2) is 12.6. The number of nitrogens with zero attached hydrogens (tertiary/aromatic N) is 1. The Bertz CT molecular complexity index is 983. The summed E-state index contributed by atoms with van der Waals surface area (Å²) >= 11 is 10.1. The number of guanidine groups is 1. The molecule has 1 aliphatic carbocycles. The summed E-state index contributed by atoms with van der Waals surface area (Å²) < 4.78 is 1.07. The molecule has 0 heterocycles. The first-order valence-corrected chi connectivity index (χ1v) is 13.2. The molecular formula is C27H35BrClN3O. The van der Waals surface area contributed by atoms with Crippen molar-refractivity contribution in [2.75, 3.05) is 0 Å². The summed E-state index contributed by atoms with van der Waals surface area (Å²) in [6.07, 6.45) is 9.22. The highest BCUT2D eigenvalue weighted by Gasteiger charge is 2.19. The van der Waals surface area contributed by atoms with Crippen molar-refractivity contribution in [1.82, 2.24) is 5.32 Å². The summed E-state index contributed by atoms with van der Waals surface area (Å²) in [6.45, 7) is 4.48. The van der Waals surface area contributed by atoms with Crippen LogP contribution in [0.1, 0.15) is 79.4 Å². The Morgan fingerprint density at radius 3 is 2.61 bits per heavy atom. The fourth-order valence-corrected chi connectivity index (χ4v) is 5.19. The molecular weight excluding hydrogens is 498 g/mol. The maximum atomic E-state index is 13.1. The molecule has 6 heteroatoms. The number of carbonyl (C=O) groups excluding carboxylic acids is 1. The van der Waals surface area contributed by atoms with Gasteiger partial charge >= 0.3 is 0 Å². The number of benzene rings is 2. The van der Waals surface area contributed by atoms with Crippen LogP contribution in [0.25, 0.3) is 0 Å². The highest BCUT2D eigenvalue weighted by molar-refractivity contribution is 9.10. The molecule has 0 aromatic heterocycles. The van der Waals surface area contributed by atoms with Gasteiger partial charge in [-0.3, -0.25) is 10.1 Å². The number of aryl methyl sites for hydroxylation is 2. The minimum atomic E-state index is -0.252. The fraction of sp³-hybridized carbons (Fsp3) is 0.481. The van der Waals surface area contributed by atoms with Crippen LogP contribution >= 0.6 is 27.5 Å². The molecule has 4 nitrogen and oxygen atoms in total. The van der Waals surface area contributed by atoms with Gasteiger partial charge in [-0.15, -0.1) is 0 Å². The number of hydrogen-bond donors (Lipinski definition) is 2. The quantitative estimate of drug-likeness (QED) is 0.288. The first-order valence-electron chi connectivity index (χ1n) is 12.1. The SMILES string of the molecule is CCCCc1ccc(Br)cc1CCc1c(Cl)cccc1C(=O)NC(N)=NC1CCC(C)CC1. The average molecular weight is 533 g/mol. The second-order valence-electron chi connectivity index (χ2n) is 9.16. The largest absolute Gasteiger partial charge is 0.370 e. The van der Waals surface area contributed by atoms with Crippen LogP contribution in [-0.4, -0.2) is 17.9 Å². The van der Waals surface area contributed by atoms with Gasteiger partial charge in [0.15, 0.2) is 5.96 Å². The van der Waals surface area contributed by atoms with E-state index in [1.165, 1.54) is 11.1 Å². The molecule has 3 rings (SSSR count). The lowest BCUT2D eigenvalue weighted by atomic mass is 9.88. The zero-order valence-corrected chi connectivity index (χ0v) is 22.0. The molecule has 1 fully saturated rings. The zero-order valence-electron chi connectivity index (χ0n) is 19.7. The summed E-state index contributed by atoms with van der Waals surface area (Å²) in [5.41, 5.74) is 10.1. The number of amides is 1. The van der Waals surface area contributed by atoms with Crippen LogP contribution in [0, 0.1) is 5.92 Å². The number of carbonyl (C=O) groups is 1. The van der Waals surface area contributed by atoms with E-state index in [0.29, 0.717) is 17.0 Å². The molecule has 0 spiro atoms. The number of halogens is 2. The topological polar surface area (TPSA) is 67.5 Å². The van der Waals surface area contributed by atoms with Gasteiger partial charge in [0.05, 0.1) is 6.04 Å². The summed E-state index contributed by atoms with van der Waals surface area (Å²) in [7, 11) is 0. The van der Waals surface area contributed by atoms with Crippen LogP contribution in [-0.2, 0) is 19.3 Å². The molecule has 1 amide bonds. The molecule has 178 valence electrons. The van der Waals surface area contributed by atoms with Crippen molar-refractivity contribution in [1.29, 1.82) is 0 Å². The van der Waals surface area contributed by atoms with Gasteiger partial charge in [-0.1, -0.05) is 59.9 Å². The number of nitrogens with one attached hydrogen (secondary N) is 1. The van der Waals surface area contributed by atoms with Crippen LogP contribution in [0.4, 0.5) is 0 Å². The van der Waals surface area contributed by atoms with Crippen molar-refractivity contribution in [2.24, 2.45) is 16.6 Å². The smallest absolute Gasteiger partial charge is 0.258 e. The minimum absolute atomic E-state index is 0.193. The Morgan fingerprint density at radius 2 is 1.88 bits per heavy atom. The molecule has 0 bridgehead atoms. The van der Waals surface area contributed by atoms with Crippen molar-refractivity contribution in [2.45, 2.75) is 77.7 Å². The van der Waals surface area contributed by atoms with Crippen LogP contribution in [0.3, 0.4) is 0 Å². The van der Waals surface area contributed by atoms with Gasteiger partial charge in [-0.25, -0.2) is 4.99 Å². The predicted molar refractivity (Wildman–Crippen MR) is 142 cm³/mol. The van der Waals surface area contributed by atoms with E-state index in [4.69, 9.17) is 17.3 Å². The number of unbranched alkanes of at least 4 members (excludes halogenated alkanes) is 1. The lowest BCUT2D eigenvalue weighted by Crippen LogP contribution is -2.38. The van der Waals surface area contributed by atoms with Crippen molar-refractivity contribution >= 4 is 39.4 Å². The van der Waals surface area contributed by atoms with Crippen molar-refractivity contribution in [3.05, 3.63) is 68.1 Å². The third-order valence-corrected chi connectivity index (χ3v) is 7.37. The Balaban J connectivity index is 1.72. The molecule has 1 aliphatic rings. The molecule has 0 unspecified atom stereocenters. The third kappa shape index (κ3) is 7.58. The van der Waals surface area contributed by atoms with Gasteiger partial charge in [0.1, 0.15) is 0 Å². The number of nitrogens with two attached hydrogens (primary N) is 1. The van der Waals surface area contributed by atoms with Crippen LogP contribution < -0.4 is 11.1 Å². The highest BCUT2D eigenvalue weighted by atomic mass is 79.9. The number of hydrogen-bond acceptors (Lipinski definition) is 2. The lowest BCUT2D eigenvalue weighted by Gasteiger charge is -2.23. The molecule has 0 atom stereocenters. The molecule has 2 aromatic rings. The van der Waals surface area contributed by atoms with Crippen molar-refractivity contribution in [3.63, 3.8) is 0 Å². The number of aliphatic imine (C=N–C) groups is 1. The molecule has 0 radical (unpaired) electrons. The average Bonchev–Trinajstić information content (AvgIpc) is 2.79. The van der Waals surface area contributed by atoms with Crippen LogP contribution in [0.2, 0.25) is 5.02 Å². The lowest BCUT2D eigenvalue weighted by molar-refractivity contribution is 0.0975. The molecule has 2 aromatic carbocycles. The first kappa shape index (κ1) is 25.8. The highest BCUT2D eigenvalue weighted by Crippen LogP contribution is 2.26. The Morgan fingerprint density at radius 1 is 1.12 bits per heavy atom. The van der Waals surface area contributed by atoms with E-state index in [0.717, 1.165) is 67.3 Å². The van der Waals surface area contributed by atoms with Gasteiger partial charge in [-0.2, -0.15) is 0 Å². The molecule has 0 saturated heterocycles. The molecule has 1 saturated carbocycles. The van der Waals surface area contributed by atoms with Gasteiger partial charge in [-0.05, 0) is 98.2 Å². The summed E-state index contributed by atoms with van der Waals surface area (Å²) in [4.78, 5) is 17.6. The van der Waals surface area contributed by atoms with E-state index < -0.39 is 0 Å². The normalized spacial score (nSPS) is 18.8. The predicted octanol–water partition coefficient (Wildman–Crippen LogP) is 6.85. The first-order chi connectivity index (χ1) is 15.9. The summed E-state index contributed by atoms with van der Waals surface area (Å²) in [5.74, 6) is 0.687. The maximum absolute atomic E-state index is 13.1. The molecule has 0 aliphatic heterocycles. The maximum Gasteiger partial charge on any atom is 0.258 e. The Labute approximate surface area is 211 Å². The number of rotatable bonds is 8. The van der Waals surface area contributed by atoms with Crippen LogP contribution in [0.15, 0.2) is 45.9 Å². The monoisotopic (exact) mass is 531 g/mol. The van der Waals surface area contributed by atoms with Gasteiger partial charge < -0.3 is 5.73 Å². The van der Waals surface area contributed by atoms with E-state index in [1.807, 2.05) is 18.2 Å². The van der Waals surface area contributed by atoms with E-state index in [9.17, 15) is 4.79 Å². The Hall–Kier alpha value is -1.85. The van der Waals surface area contributed by atoms with E-state index >= 15 is 0 Å². The minimum Gasteiger partial charge on any atom is -0.370 e. The van der Waals surface area contributed by atoms with E-state index in [-0.39, 0.29) is 17.9 Å². The summed E-state index contributed by atoms with van der Waals surface area (Å²) in [6, 6.07) is 12.1. The molecule has 3 N–H and O–H groups in total. The molecule has 33 heavy (non-hydrogen) atoms. The van der Waals surface area contributed by atoms with Crippen molar-refractivity contribution in [3.8, 4) is 0 Å². The van der Waals surface area contributed by atoms with Gasteiger partial charge in [0, 0.05) is 15.1 Å². The van der Waals surface area contributed by atoms with Gasteiger partial charge in [0.25, 0.3) is 5.91 Å². The van der Waals surface area contributed by atoms with Gasteiger partial charge in [0.2, 0.25) is 0 Å². The summed E-state index contributed by atoms with van der Waals surface area (Å²) in [5, 5.41) is 3.39. The third-order valence-electron chi connectivity index (χ3n) is 6.52. The Kier molecular flexibility index (Phi) is 9.81. The van der Waals surface area contributed by atoms with Crippen molar-refractivity contribution < 1.29 is 4.79 Å².